The van der Waals surface area contributed by atoms with Crippen molar-refractivity contribution in [3.05, 3.63) is 35.3 Å². The number of aromatic nitrogens is 2. The number of imidazole rings is 1. The Morgan fingerprint density at radius 2 is 2.21 bits per heavy atom. The average molecular weight is 261 g/mol. The van der Waals surface area contributed by atoms with Crippen LogP contribution in [0.4, 0.5) is 4.39 Å². The van der Waals surface area contributed by atoms with Gasteiger partial charge >= 0.3 is 0 Å². The second kappa shape index (κ2) is 3.77. The number of rotatable bonds is 3. The zero-order chi connectivity index (χ0) is 13.0. The van der Waals surface area contributed by atoms with Crippen LogP contribution in [0, 0.1) is 0 Å². The van der Waals surface area contributed by atoms with Crippen molar-refractivity contribution in [3.8, 4) is 0 Å². The molecule has 1 saturated heterocycles. The largest absolute Gasteiger partial charge is 0.374 e. The summed E-state index contributed by atoms with van der Waals surface area (Å²) in [6, 6.07) is 1.98. The van der Waals surface area contributed by atoms with Crippen molar-refractivity contribution in [2.75, 3.05) is 13.2 Å². The van der Waals surface area contributed by atoms with E-state index in [1.807, 2.05) is 16.7 Å². The van der Waals surface area contributed by atoms with Crippen LogP contribution in [0.25, 0.3) is 5.65 Å². The van der Waals surface area contributed by atoms with Crippen molar-refractivity contribution in [3.63, 3.8) is 0 Å². The molecule has 3 heterocycles. The first-order valence-electron chi connectivity index (χ1n) is 6.68. The predicted octanol–water partition coefficient (Wildman–Crippen LogP) is 1.87. The van der Waals surface area contributed by atoms with Gasteiger partial charge in [0.05, 0.1) is 18.9 Å². The maximum atomic E-state index is 14.7. The summed E-state index contributed by atoms with van der Waals surface area (Å²) in [5.74, 6) is 0.580. The lowest BCUT2D eigenvalue weighted by Gasteiger charge is -2.34. The number of hydrogen-bond acceptors (Lipinski definition) is 3. The third kappa shape index (κ3) is 1.69. The Balaban J connectivity index is 1.94. The minimum absolute atomic E-state index is 0.127. The summed E-state index contributed by atoms with van der Waals surface area (Å²) in [6.07, 6.45) is 6.34. The van der Waals surface area contributed by atoms with E-state index in [-0.39, 0.29) is 13.2 Å². The normalized spacial score (nSPS) is 21.6. The predicted molar refractivity (Wildman–Crippen MR) is 68.7 cm³/mol. The third-order valence-corrected chi connectivity index (χ3v) is 4.02. The lowest BCUT2D eigenvalue weighted by Crippen LogP contribution is -2.43. The number of nitrogens with zero attached hydrogens (tertiary/aromatic N) is 2. The summed E-state index contributed by atoms with van der Waals surface area (Å²) in [4.78, 5) is 4.44. The molecule has 2 N–H and O–H groups in total. The summed E-state index contributed by atoms with van der Waals surface area (Å²) in [5, 5.41) is 0. The van der Waals surface area contributed by atoms with Gasteiger partial charge in [-0.2, -0.15) is 0 Å². The summed E-state index contributed by atoms with van der Waals surface area (Å²) < 4.78 is 21.7. The average Bonchev–Trinajstić information content (AvgIpc) is 3.14. The van der Waals surface area contributed by atoms with Crippen molar-refractivity contribution in [2.45, 2.75) is 31.0 Å². The van der Waals surface area contributed by atoms with Crippen molar-refractivity contribution >= 4 is 5.65 Å². The van der Waals surface area contributed by atoms with Gasteiger partial charge in [-0.25, -0.2) is 9.37 Å². The van der Waals surface area contributed by atoms with Gasteiger partial charge in [-0.1, -0.05) is 0 Å². The van der Waals surface area contributed by atoms with Gasteiger partial charge in [0.1, 0.15) is 5.65 Å². The Morgan fingerprint density at radius 1 is 1.42 bits per heavy atom. The standard InChI is InChI=1S/C14H16FN3O/c15-14(7-19-8-14)12-3-10(9-1-2-9)5-18-6-11(4-16)17-13(12)18/h3,5-6,9H,1-2,4,7-8,16H2. The van der Waals surface area contributed by atoms with Crippen LogP contribution in [0.1, 0.15) is 35.6 Å². The van der Waals surface area contributed by atoms with Gasteiger partial charge in [0.15, 0.2) is 5.67 Å². The van der Waals surface area contributed by atoms with Crippen LogP contribution in [0.15, 0.2) is 18.5 Å². The first-order chi connectivity index (χ1) is 9.19. The van der Waals surface area contributed by atoms with Gasteiger partial charge in [-0.05, 0) is 30.4 Å². The van der Waals surface area contributed by atoms with Crippen LogP contribution < -0.4 is 5.73 Å². The molecule has 0 unspecified atom stereocenters. The number of hydrogen-bond donors (Lipinski definition) is 1. The van der Waals surface area contributed by atoms with Crippen molar-refractivity contribution in [1.82, 2.24) is 9.38 Å². The maximum absolute atomic E-state index is 14.7. The molecule has 0 spiro atoms. The maximum Gasteiger partial charge on any atom is 0.185 e. The molecule has 2 aromatic rings. The van der Waals surface area contributed by atoms with Gasteiger partial charge in [0, 0.05) is 24.5 Å². The van der Waals surface area contributed by atoms with Crippen LogP contribution in [-0.4, -0.2) is 22.6 Å². The van der Waals surface area contributed by atoms with Crippen molar-refractivity contribution in [2.24, 2.45) is 5.73 Å². The van der Waals surface area contributed by atoms with Crippen LogP contribution in [0.2, 0.25) is 0 Å². The Hall–Kier alpha value is -1.46. The van der Waals surface area contributed by atoms with E-state index >= 15 is 0 Å². The lowest BCUT2D eigenvalue weighted by atomic mass is 9.93. The smallest absolute Gasteiger partial charge is 0.185 e. The zero-order valence-electron chi connectivity index (χ0n) is 10.6. The van der Waals surface area contributed by atoms with E-state index in [1.54, 1.807) is 0 Å². The fourth-order valence-electron chi connectivity index (χ4n) is 2.68. The highest BCUT2D eigenvalue weighted by atomic mass is 19.1. The molecule has 2 aromatic heterocycles. The van der Waals surface area contributed by atoms with E-state index in [0.29, 0.717) is 23.7 Å². The molecule has 2 fully saturated rings. The van der Waals surface area contributed by atoms with Crippen LogP contribution >= 0.6 is 0 Å². The number of halogens is 1. The molecule has 0 aromatic carbocycles. The van der Waals surface area contributed by atoms with Gasteiger partial charge in [0.25, 0.3) is 0 Å². The number of alkyl halides is 1. The van der Waals surface area contributed by atoms with Gasteiger partial charge < -0.3 is 14.9 Å². The van der Waals surface area contributed by atoms with E-state index in [9.17, 15) is 4.39 Å². The number of ether oxygens (including phenoxy) is 1. The molecule has 0 amide bonds. The van der Waals surface area contributed by atoms with E-state index in [0.717, 1.165) is 5.69 Å². The Morgan fingerprint density at radius 3 is 2.79 bits per heavy atom. The van der Waals surface area contributed by atoms with E-state index in [1.165, 1.54) is 18.4 Å². The quantitative estimate of drug-likeness (QED) is 0.917. The Bertz CT molecular complexity index is 643. The molecular weight excluding hydrogens is 245 g/mol. The molecule has 1 aliphatic carbocycles. The molecule has 0 atom stereocenters. The molecular formula is C14H16FN3O. The summed E-state index contributed by atoms with van der Waals surface area (Å²) in [5.41, 5.74) is 7.57. The van der Waals surface area contributed by atoms with Crippen molar-refractivity contribution < 1.29 is 9.13 Å². The molecule has 0 bridgehead atoms. The number of fused-ring (bicyclic) bond motifs is 1. The van der Waals surface area contributed by atoms with E-state index in [4.69, 9.17) is 10.5 Å². The molecule has 100 valence electrons. The van der Waals surface area contributed by atoms with Gasteiger partial charge in [-0.15, -0.1) is 0 Å². The number of nitrogens with two attached hydrogens (primary N) is 1. The van der Waals surface area contributed by atoms with Crippen LogP contribution in [0.3, 0.4) is 0 Å². The molecule has 0 radical (unpaired) electrons. The molecule has 5 heteroatoms. The highest BCUT2D eigenvalue weighted by molar-refractivity contribution is 5.55. The van der Waals surface area contributed by atoms with Crippen LogP contribution in [0.5, 0.6) is 0 Å². The summed E-state index contributed by atoms with van der Waals surface area (Å²) in [6.45, 7) is 0.624. The fraction of sp³-hybridized carbons (Fsp3) is 0.500. The SMILES string of the molecule is NCc1cn2cc(C3CC3)cc(C3(F)COC3)c2n1. The molecule has 4 nitrogen and oxygen atoms in total. The summed E-state index contributed by atoms with van der Waals surface area (Å²) >= 11 is 0. The molecule has 2 aliphatic rings. The minimum Gasteiger partial charge on any atom is -0.374 e. The first-order valence-corrected chi connectivity index (χ1v) is 6.68. The Labute approximate surface area is 110 Å². The second-order valence-electron chi connectivity index (χ2n) is 5.59. The fourth-order valence-corrected chi connectivity index (χ4v) is 2.68. The van der Waals surface area contributed by atoms with Gasteiger partial charge in [0.2, 0.25) is 0 Å². The van der Waals surface area contributed by atoms with Gasteiger partial charge in [-0.3, -0.25) is 0 Å². The zero-order valence-corrected chi connectivity index (χ0v) is 10.6. The Kier molecular flexibility index (Phi) is 2.26. The molecule has 1 aliphatic heterocycles. The van der Waals surface area contributed by atoms with Crippen molar-refractivity contribution in [1.29, 1.82) is 0 Å². The third-order valence-electron chi connectivity index (χ3n) is 4.02. The number of pyridine rings is 1. The highest BCUT2D eigenvalue weighted by Crippen LogP contribution is 2.43. The summed E-state index contributed by atoms with van der Waals surface area (Å²) in [7, 11) is 0. The molecule has 1 saturated carbocycles. The second-order valence-corrected chi connectivity index (χ2v) is 5.59. The molecule has 4 rings (SSSR count). The lowest BCUT2D eigenvalue weighted by molar-refractivity contribution is -0.134. The topological polar surface area (TPSA) is 52.5 Å². The highest BCUT2D eigenvalue weighted by Gasteiger charge is 2.43. The van der Waals surface area contributed by atoms with E-state index in [2.05, 4.69) is 11.2 Å². The minimum atomic E-state index is -1.39. The van der Waals surface area contributed by atoms with E-state index < -0.39 is 5.67 Å². The first kappa shape index (κ1) is 11.4. The monoisotopic (exact) mass is 261 g/mol. The molecule has 19 heavy (non-hydrogen) atoms. The van der Waals surface area contributed by atoms with Crippen LogP contribution in [-0.2, 0) is 17.0 Å².